The van der Waals surface area contributed by atoms with Gasteiger partial charge >= 0.3 is 0 Å². The second-order valence-electron chi connectivity index (χ2n) is 5.28. The van der Waals surface area contributed by atoms with Crippen LogP contribution in [0, 0.1) is 6.92 Å². The smallest absolute Gasteiger partial charge is 0.261 e. The van der Waals surface area contributed by atoms with Crippen LogP contribution < -0.4 is 5.56 Å². The third-order valence-corrected chi connectivity index (χ3v) is 4.96. The number of rotatable bonds is 5. The molecule has 2 heterocycles. The molecule has 120 valence electrons. The van der Waals surface area contributed by atoms with Crippen molar-refractivity contribution >= 4 is 20.7 Å². The minimum absolute atomic E-state index is 0.0514. The number of aryl methyl sites for hydroxylation is 2. The molecule has 23 heavy (non-hydrogen) atoms. The normalized spacial score (nSPS) is 11.9. The predicted molar refractivity (Wildman–Crippen MR) is 84.7 cm³/mol. The molecule has 0 unspecified atom stereocenters. The fraction of sp³-hybridized carbons (Fsp3) is 0.267. The molecule has 0 saturated heterocycles. The lowest BCUT2D eigenvalue weighted by Gasteiger charge is -2.06. The highest BCUT2D eigenvalue weighted by Crippen LogP contribution is 2.08. The summed E-state index contributed by atoms with van der Waals surface area (Å²) in [7, 11) is -3.40. The second kappa shape index (κ2) is 5.96. The molecule has 0 aliphatic heterocycles. The average Bonchev–Trinajstić information content (AvgIpc) is 2.91. The number of benzene rings is 1. The number of aromatic nitrogens is 3. The first-order chi connectivity index (χ1) is 10.9. The Bertz CT molecular complexity index is 1000. The van der Waals surface area contributed by atoms with Crippen LogP contribution in [0.4, 0.5) is 0 Å². The summed E-state index contributed by atoms with van der Waals surface area (Å²) in [6.07, 6.45) is 1.38. The molecule has 0 bridgehead atoms. The minimum Gasteiger partial charge on any atom is -0.361 e. The van der Waals surface area contributed by atoms with Crippen LogP contribution >= 0.6 is 0 Å². The molecule has 0 fully saturated rings. The topological polar surface area (TPSA) is 95.1 Å². The van der Waals surface area contributed by atoms with E-state index in [9.17, 15) is 13.2 Å². The molecule has 8 heteroatoms. The van der Waals surface area contributed by atoms with Crippen LogP contribution in [0.15, 0.2) is 46.0 Å². The van der Waals surface area contributed by atoms with Gasteiger partial charge in [0.05, 0.1) is 34.4 Å². The molecule has 3 aromatic rings. The maximum absolute atomic E-state index is 12.3. The van der Waals surface area contributed by atoms with E-state index in [4.69, 9.17) is 4.52 Å². The van der Waals surface area contributed by atoms with Crippen LogP contribution in [0.1, 0.15) is 11.5 Å². The predicted octanol–water partition coefficient (Wildman–Crippen LogP) is 1.31. The minimum atomic E-state index is -3.40. The number of fused-ring (bicyclic) bond motifs is 1. The van der Waals surface area contributed by atoms with Crippen LogP contribution in [-0.4, -0.2) is 28.9 Å². The summed E-state index contributed by atoms with van der Waals surface area (Å²) in [5.74, 6) is 0.184. The van der Waals surface area contributed by atoms with Crippen molar-refractivity contribution < 1.29 is 12.9 Å². The van der Waals surface area contributed by atoms with E-state index in [1.165, 1.54) is 10.9 Å². The molecule has 0 N–H and O–H groups in total. The van der Waals surface area contributed by atoms with E-state index in [0.29, 0.717) is 22.4 Å². The Balaban J connectivity index is 1.77. The SMILES string of the molecule is Cc1cc(CS(=O)(=O)CCn2cnc3ccccc3c2=O)no1. The highest BCUT2D eigenvalue weighted by molar-refractivity contribution is 7.90. The van der Waals surface area contributed by atoms with Crippen LogP contribution in [-0.2, 0) is 22.1 Å². The van der Waals surface area contributed by atoms with E-state index in [1.54, 1.807) is 37.3 Å². The summed E-state index contributed by atoms with van der Waals surface area (Å²) in [5.41, 5.74) is 0.712. The van der Waals surface area contributed by atoms with E-state index >= 15 is 0 Å². The standard InChI is InChI=1S/C15H15N3O4S/c1-11-8-12(17-22-11)9-23(20,21)7-6-18-10-16-14-5-3-2-4-13(14)15(18)19/h2-5,8,10H,6-7,9H2,1H3. The first-order valence-electron chi connectivity index (χ1n) is 7.01. The van der Waals surface area contributed by atoms with Gasteiger partial charge in [0.15, 0.2) is 9.84 Å². The summed E-state index contributed by atoms with van der Waals surface area (Å²) in [6, 6.07) is 8.54. The maximum Gasteiger partial charge on any atom is 0.261 e. The van der Waals surface area contributed by atoms with E-state index in [0.717, 1.165) is 0 Å². The Morgan fingerprint density at radius 2 is 2.04 bits per heavy atom. The first-order valence-corrected chi connectivity index (χ1v) is 8.83. The lowest BCUT2D eigenvalue weighted by atomic mass is 10.2. The summed E-state index contributed by atoms with van der Waals surface area (Å²) < 4.78 is 30.5. The number of nitrogens with zero attached hydrogens (tertiary/aromatic N) is 3. The van der Waals surface area contributed by atoms with E-state index in [1.807, 2.05) is 0 Å². The molecule has 0 atom stereocenters. The maximum atomic E-state index is 12.3. The molecule has 0 aliphatic rings. The molecule has 7 nitrogen and oxygen atoms in total. The number of para-hydroxylation sites is 1. The van der Waals surface area contributed by atoms with Crippen LogP contribution in [0.2, 0.25) is 0 Å². The van der Waals surface area contributed by atoms with Crippen LogP contribution in [0.25, 0.3) is 10.9 Å². The van der Waals surface area contributed by atoms with Gasteiger partial charge in [-0.2, -0.15) is 0 Å². The summed E-state index contributed by atoms with van der Waals surface area (Å²) in [6.45, 7) is 1.75. The van der Waals surface area contributed by atoms with E-state index < -0.39 is 9.84 Å². The zero-order chi connectivity index (χ0) is 16.4. The quantitative estimate of drug-likeness (QED) is 0.698. The highest BCUT2D eigenvalue weighted by atomic mass is 32.2. The third-order valence-electron chi connectivity index (χ3n) is 3.42. The Labute approximate surface area is 132 Å². The van der Waals surface area contributed by atoms with Gasteiger partial charge in [-0.3, -0.25) is 9.36 Å². The lowest BCUT2D eigenvalue weighted by molar-refractivity contribution is 0.392. The van der Waals surface area contributed by atoms with Gasteiger partial charge in [-0.25, -0.2) is 13.4 Å². The van der Waals surface area contributed by atoms with E-state index in [2.05, 4.69) is 10.1 Å². The van der Waals surface area contributed by atoms with Crippen molar-refractivity contribution in [2.24, 2.45) is 0 Å². The van der Waals surface area contributed by atoms with Gasteiger partial charge in [-0.05, 0) is 19.1 Å². The van der Waals surface area contributed by atoms with Crippen molar-refractivity contribution in [1.82, 2.24) is 14.7 Å². The third kappa shape index (κ3) is 3.48. The van der Waals surface area contributed by atoms with Gasteiger partial charge in [0.1, 0.15) is 5.76 Å². The Morgan fingerprint density at radius 3 is 2.78 bits per heavy atom. The second-order valence-corrected chi connectivity index (χ2v) is 7.47. The Hall–Kier alpha value is -2.48. The van der Waals surface area contributed by atoms with Crippen molar-refractivity contribution in [3.63, 3.8) is 0 Å². The molecular weight excluding hydrogens is 318 g/mol. The van der Waals surface area contributed by atoms with Crippen molar-refractivity contribution in [2.45, 2.75) is 19.2 Å². The molecule has 0 spiro atoms. The number of hydrogen-bond acceptors (Lipinski definition) is 6. The summed E-state index contributed by atoms with van der Waals surface area (Å²) >= 11 is 0. The molecule has 3 rings (SSSR count). The largest absolute Gasteiger partial charge is 0.361 e. The Morgan fingerprint density at radius 1 is 1.26 bits per heavy atom. The van der Waals surface area contributed by atoms with Crippen LogP contribution in [0.3, 0.4) is 0 Å². The molecule has 1 aromatic carbocycles. The van der Waals surface area contributed by atoms with Gasteiger partial charge in [-0.1, -0.05) is 17.3 Å². The molecule has 0 amide bonds. The van der Waals surface area contributed by atoms with Crippen LogP contribution in [0.5, 0.6) is 0 Å². The van der Waals surface area contributed by atoms with Crippen molar-refractivity contribution in [3.8, 4) is 0 Å². The zero-order valence-corrected chi connectivity index (χ0v) is 13.3. The molecule has 0 saturated carbocycles. The fourth-order valence-corrected chi connectivity index (χ4v) is 3.49. The van der Waals surface area contributed by atoms with E-state index in [-0.39, 0.29) is 23.6 Å². The molecular formula is C15H15N3O4S. The average molecular weight is 333 g/mol. The monoisotopic (exact) mass is 333 g/mol. The highest BCUT2D eigenvalue weighted by Gasteiger charge is 2.16. The van der Waals surface area contributed by atoms with Gasteiger partial charge in [0.2, 0.25) is 0 Å². The van der Waals surface area contributed by atoms with Crippen molar-refractivity contribution in [3.05, 3.63) is 58.5 Å². The van der Waals surface area contributed by atoms with Gasteiger partial charge in [-0.15, -0.1) is 0 Å². The van der Waals surface area contributed by atoms with Gasteiger partial charge < -0.3 is 4.52 Å². The molecule has 0 aliphatic carbocycles. The van der Waals surface area contributed by atoms with Crippen molar-refractivity contribution in [2.75, 3.05) is 5.75 Å². The van der Waals surface area contributed by atoms with Crippen molar-refractivity contribution in [1.29, 1.82) is 0 Å². The lowest BCUT2D eigenvalue weighted by Crippen LogP contribution is -2.25. The Kier molecular flexibility index (Phi) is 3.99. The van der Waals surface area contributed by atoms with Gasteiger partial charge in [0.25, 0.3) is 5.56 Å². The molecule has 0 radical (unpaired) electrons. The zero-order valence-electron chi connectivity index (χ0n) is 12.5. The van der Waals surface area contributed by atoms with Gasteiger partial charge in [0, 0.05) is 12.6 Å². The summed E-state index contributed by atoms with van der Waals surface area (Å²) in [4.78, 5) is 16.5. The number of sulfone groups is 1. The molecule has 2 aromatic heterocycles. The summed E-state index contributed by atoms with van der Waals surface area (Å²) in [5, 5.41) is 4.15. The number of hydrogen-bond donors (Lipinski definition) is 0. The first kappa shape index (κ1) is 15.4. The fourth-order valence-electron chi connectivity index (χ4n) is 2.29.